The molecule has 0 spiro atoms. The van der Waals surface area contributed by atoms with Gasteiger partial charge < -0.3 is 15.0 Å². The average molecular weight is 274 g/mol. The fourth-order valence-electron chi connectivity index (χ4n) is 3.79. The minimum atomic E-state index is 0.724. The fraction of sp³-hybridized carbons (Fsp3) is 0.647. The molecule has 3 rings (SSSR count). The molecule has 0 radical (unpaired) electrons. The van der Waals surface area contributed by atoms with Crippen molar-refractivity contribution in [1.82, 2.24) is 10.2 Å². The summed E-state index contributed by atoms with van der Waals surface area (Å²) in [7, 11) is 4.01. The van der Waals surface area contributed by atoms with Crippen molar-refractivity contribution in [3.05, 3.63) is 29.8 Å². The first-order chi connectivity index (χ1) is 9.76. The first-order valence-corrected chi connectivity index (χ1v) is 7.84. The zero-order chi connectivity index (χ0) is 13.9. The second kappa shape index (κ2) is 6.15. The van der Waals surface area contributed by atoms with E-state index in [9.17, 15) is 0 Å². The Kier molecular flexibility index (Phi) is 4.27. The Balaban J connectivity index is 1.44. The smallest absolute Gasteiger partial charge is 0.118 e. The monoisotopic (exact) mass is 274 g/mol. The topological polar surface area (TPSA) is 24.5 Å². The molecular weight excluding hydrogens is 248 g/mol. The number of methoxy groups -OCH3 is 1. The van der Waals surface area contributed by atoms with E-state index < -0.39 is 0 Å². The molecule has 2 atom stereocenters. The number of fused-ring (bicyclic) bond motifs is 2. The van der Waals surface area contributed by atoms with Crippen molar-refractivity contribution in [2.45, 2.75) is 50.2 Å². The highest BCUT2D eigenvalue weighted by atomic mass is 16.5. The van der Waals surface area contributed by atoms with Gasteiger partial charge in [-0.2, -0.15) is 0 Å². The van der Waals surface area contributed by atoms with Crippen LogP contribution < -0.4 is 10.1 Å². The van der Waals surface area contributed by atoms with Gasteiger partial charge in [-0.05, 0) is 63.4 Å². The standard InChI is InChI=1S/C17H26N2O/c1-19-15-5-6-16(19)12-14(11-15)18-10-9-13-3-7-17(20-2)8-4-13/h3-4,7-8,14-16,18H,5-6,9-12H2,1-2H3. The van der Waals surface area contributed by atoms with Crippen molar-refractivity contribution in [3.8, 4) is 5.75 Å². The van der Waals surface area contributed by atoms with Crippen LogP contribution in [0.15, 0.2) is 24.3 Å². The molecule has 2 fully saturated rings. The van der Waals surface area contributed by atoms with E-state index in [-0.39, 0.29) is 0 Å². The van der Waals surface area contributed by atoms with Crippen LogP contribution in [0, 0.1) is 0 Å². The maximum atomic E-state index is 5.19. The summed E-state index contributed by atoms with van der Waals surface area (Å²) in [5.41, 5.74) is 1.38. The number of nitrogens with zero attached hydrogens (tertiary/aromatic N) is 1. The predicted octanol–water partition coefficient (Wildman–Crippen LogP) is 2.45. The summed E-state index contributed by atoms with van der Waals surface area (Å²) >= 11 is 0. The molecule has 3 nitrogen and oxygen atoms in total. The highest BCUT2D eigenvalue weighted by molar-refractivity contribution is 5.27. The number of hydrogen-bond acceptors (Lipinski definition) is 3. The van der Waals surface area contributed by atoms with E-state index in [1.807, 2.05) is 12.1 Å². The normalized spacial score (nSPS) is 29.6. The molecule has 2 bridgehead atoms. The van der Waals surface area contributed by atoms with Gasteiger partial charge in [-0.3, -0.25) is 0 Å². The second-order valence-corrected chi connectivity index (χ2v) is 6.27. The van der Waals surface area contributed by atoms with Crippen molar-refractivity contribution in [2.75, 3.05) is 20.7 Å². The third kappa shape index (κ3) is 2.99. The molecule has 1 N–H and O–H groups in total. The zero-order valence-electron chi connectivity index (χ0n) is 12.6. The lowest BCUT2D eigenvalue weighted by atomic mass is 9.98. The lowest BCUT2D eigenvalue weighted by Crippen LogP contribution is -2.47. The molecule has 1 aromatic carbocycles. The summed E-state index contributed by atoms with van der Waals surface area (Å²) in [4.78, 5) is 2.60. The van der Waals surface area contributed by atoms with E-state index in [1.54, 1.807) is 7.11 Å². The van der Waals surface area contributed by atoms with Crippen molar-refractivity contribution in [1.29, 1.82) is 0 Å². The Morgan fingerprint density at radius 1 is 1.15 bits per heavy atom. The molecule has 20 heavy (non-hydrogen) atoms. The molecule has 2 saturated heterocycles. The molecular formula is C17H26N2O. The Bertz CT molecular complexity index is 417. The minimum absolute atomic E-state index is 0.724. The molecule has 0 aliphatic carbocycles. The van der Waals surface area contributed by atoms with Crippen molar-refractivity contribution >= 4 is 0 Å². The summed E-state index contributed by atoms with van der Waals surface area (Å²) in [5, 5.41) is 3.76. The highest BCUT2D eigenvalue weighted by Crippen LogP contribution is 2.34. The van der Waals surface area contributed by atoms with Crippen LogP contribution in [0.4, 0.5) is 0 Å². The van der Waals surface area contributed by atoms with E-state index in [1.165, 1.54) is 31.2 Å². The molecule has 3 heteroatoms. The number of rotatable bonds is 5. The van der Waals surface area contributed by atoms with E-state index >= 15 is 0 Å². The minimum Gasteiger partial charge on any atom is -0.497 e. The molecule has 0 amide bonds. The van der Waals surface area contributed by atoms with Gasteiger partial charge in [0.15, 0.2) is 0 Å². The van der Waals surface area contributed by atoms with E-state index in [2.05, 4.69) is 29.4 Å². The number of benzene rings is 1. The van der Waals surface area contributed by atoms with Crippen LogP contribution >= 0.6 is 0 Å². The van der Waals surface area contributed by atoms with Gasteiger partial charge >= 0.3 is 0 Å². The highest BCUT2D eigenvalue weighted by Gasteiger charge is 2.37. The Morgan fingerprint density at radius 2 is 1.80 bits per heavy atom. The number of piperidine rings is 1. The summed E-state index contributed by atoms with van der Waals surface area (Å²) < 4.78 is 5.19. The molecule has 2 unspecified atom stereocenters. The molecule has 2 aliphatic rings. The van der Waals surface area contributed by atoms with Gasteiger partial charge in [0.2, 0.25) is 0 Å². The van der Waals surface area contributed by atoms with Gasteiger partial charge in [0, 0.05) is 18.1 Å². The van der Waals surface area contributed by atoms with Gasteiger partial charge in [0.05, 0.1) is 7.11 Å². The molecule has 0 aromatic heterocycles. The van der Waals surface area contributed by atoms with Crippen LogP contribution in [0.3, 0.4) is 0 Å². The number of ether oxygens (including phenoxy) is 1. The van der Waals surface area contributed by atoms with Crippen LogP contribution in [0.5, 0.6) is 5.75 Å². The van der Waals surface area contributed by atoms with E-state index in [0.717, 1.165) is 36.8 Å². The Hall–Kier alpha value is -1.06. The molecule has 110 valence electrons. The average Bonchev–Trinajstić information content (AvgIpc) is 2.70. The maximum Gasteiger partial charge on any atom is 0.118 e. The largest absolute Gasteiger partial charge is 0.497 e. The van der Waals surface area contributed by atoms with Gasteiger partial charge in [0.25, 0.3) is 0 Å². The number of nitrogens with one attached hydrogen (secondary N) is 1. The van der Waals surface area contributed by atoms with Crippen LogP contribution in [0.1, 0.15) is 31.2 Å². The first-order valence-electron chi connectivity index (χ1n) is 7.84. The molecule has 1 aromatic rings. The zero-order valence-corrected chi connectivity index (χ0v) is 12.6. The maximum absolute atomic E-state index is 5.19. The van der Waals surface area contributed by atoms with Crippen LogP contribution in [-0.2, 0) is 6.42 Å². The SMILES string of the molecule is COc1ccc(CCNC2CC3CCC(C2)N3C)cc1. The Morgan fingerprint density at radius 3 is 2.40 bits per heavy atom. The van der Waals surface area contributed by atoms with Crippen molar-refractivity contribution in [2.24, 2.45) is 0 Å². The van der Waals surface area contributed by atoms with E-state index in [0.29, 0.717) is 0 Å². The predicted molar refractivity (Wildman–Crippen MR) is 82.3 cm³/mol. The second-order valence-electron chi connectivity index (χ2n) is 6.27. The first kappa shape index (κ1) is 13.9. The third-order valence-electron chi connectivity index (χ3n) is 5.10. The van der Waals surface area contributed by atoms with Gasteiger partial charge in [-0.25, -0.2) is 0 Å². The van der Waals surface area contributed by atoms with Crippen LogP contribution in [0.25, 0.3) is 0 Å². The van der Waals surface area contributed by atoms with Crippen molar-refractivity contribution in [3.63, 3.8) is 0 Å². The summed E-state index contributed by atoms with van der Waals surface area (Å²) in [5.74, 6) is 0.939. The molecule has 2 heterocycles. The van der Waals surface area contributed by atoms with Crippen LogP contribution in [-0.4, -0.2) is 43.7 Å². The van der Waals surface area contributed by atoms with E-state index in [4.69, 9.17) is 4.74 Å². The molecule has 0 saturated carbocycles. The summed E-state index contributed by atoms with van der Waals surface area (Å²) in [6.45, 7) is 1.08. The van der Waals surface area contributed by atoms with Crippen molar-refractivity contribution < 1.29 is 4.74 Å². The summed E-state index contributed by atoms with van der Waals surface area (Å²) in [6.07, 6.45) is 6.56. The van der Waals surface area contributed by atoms with Crippen LogP contribution in [0.2, 0.25) is 0 Å². The fourth-order valence-corrected chi connectivity index (χ4v) is 3.79. The third-order valence-corrected chi connectivity index (χ3v) is 5.10. The van der Waals surface area contributed by atoms with Gasteiger partial charge in [-0.1, -0.05) is 12.1 Å². The lowest BCUT2D eigenvalue weighted by Gasteiger charge is -2.36. The van der Waals surface area contributed by atoms with Gasteiger partial charge in [-0.15, -0.1) is 0 Å². The lowest BCUT2D eigenvalue weighted by molar-refractivity contribution is 0.149. The Labute approximate surface area is 122 Å². The quantitative estimate of drug-likeness (QED) is 0.892. The molecule has 2 aliphatic heterocycles. The van der Waals surface area contributed by atoms with Gasteiger partial charge in [0.1, 0.15) is 5.75 Å². The number of hydrogen-bond donors (Lipinski definition) is 1. The summed E-state index contributed by atoms with van der Waals surface area (Å²) in [6, 6.07) is 10.8.